The molecule has 0 saturated carbocycles. The second-order valence-electron chi connectivity index (χ2n) is 14.0. The van der Waals surface area contributed by atoms with Crippen LogP contribution in [0.2, 0.25) is 5.15 Å². The van der Waals surface area contributed by atoms with Gasteiger partial charge in [0.1, 0.15) is 16.8 Å². The molecule has 0 fully saturated rings. The first-order valence-corrected chi connectivity index (χ1v) is 20.3. The van der Waals surface area contributed by atoms with Crippen molar-refractivity contribution in [1.82, 2.24) is 39.7 Å². The highest BCUT2D eigenvalue weighted by Gasteiger charge is 2.32. The molecule has 0 bridgehead atoms. The maximum Gasteiger partial charge on any atom is 0.417 e. The van der Waals surface area contributed by atoms with Gasteiger partial charge in [0.05, 0.1) is 33.4 Å². The fourth-order valence-corrected chi connectivity index (χ4v) is 6.37. The number of carbonyl (C=O) groups excluding carboxylic acids is 2. The summed E-state index contributed by atoms with van der Waals surface area (Å²) in [6.07, 6.45) is -0.422. The average Bonchev–Trinajstić information content (AvgIpc) is 3.29. The zero-order valence-electron chi connectivity index (χ0n) is 36.5. The molecule has 68 heavy (non-hydrogen) atoms. The van der Waals surface area contributed by atoms with Crippen LogP contribution in [0.3, 0.4) is 0 Å². The molecule has 2 N–H and O–H groups in total. The van der Waals surface area contributed by atoms with Crippen LogP contribution < -0.4 is 5.73 Å². The first-order chi connectivity index (χ1) is 30.8. The molecule has 0 aliphatic heterocycles. The van der Waals surface area contributed by atoms with E-state index in [9.17, 15) is 44.7 Å². The maximum atomic E-state index is 14.6. The van der Waals surface area contributed by atoms with Crippen LogP contribution in [0.5, 0.6) is 0 Å². The second kappa shape index (κ2) is 27.4. The number of halogens is 9. The number of rotatable bonds is 12. The molecule has 0 spiro atoms. The lowest BCUT2D eigenvalue weighted by atomic mass is 10.0. The molecule has 0 saturated heterocycles. The lowest BCUT2D eigenvalue weighted by Gasteiger charge is -2.29. The van der Waals surface area contributed by atoms with Gasteiger partial charge in [0.2, 0.25) is 0 Å². The Balaban J connectivity index is 0.000000557. The largest absolute Gasteiger partial charge is 0.417 e. The summed E-state index contributed by atoms with van der Waals surface area (Å²) < 4.78 is 102. The molecule has 0 radical (unpaired) electrons. The van der Waals surface area contributed by atoms with Gasteiger partial charge in [-0.25, -0.2) is 33.7 Å². The number of pyridine rings is 2. The third kappa shape index (κ3) is 16.1. The number of benzene rings is 2. The molecule has 20 heteroatoms. The number of aromatic nitrogens is 6. The summed E-state index contributed by atoms with van der Waals surface area (Å²) in [7, 11) is 0. The van der Waals surface area contributed by atoms with Crippen molar-refractivity contribution in [3.63, 3.8) is 0 Å². The summed E-state index contributed by atoms with van der Waals surface area (Å²) in [5, 5.41) is 0.0537. The Morgan fingerprint density at radius 1 is 0.618 bits per heavy atom. The van der Waals surface area contributed by atoms with Crippen molar-refractivity contribution >= 4 is 23.4 Å². The minimum Gasteiger partial charge on any atom is -0.358 e. The van der Waals surface area contributed by atoms with Crippen molar-refractivity contribution in [3.05, 3.63) is 162 Å². The molecule has 2 atom stereocenters. The van der Waals surface area contributed by atoms with E-state index >= 15 is 0 Å². The predicted octanol–water partition coefficient (Wildman–Crippen LogP) is 11.7. The minimum atomic E-state index is -4.44. The molecule has 368 valence electrons. The van der Waals surface area contributed by atoms with Crippen LogP contribution in [-0.4, -0.2) is 83.2 Å². The molecule has 0 aliphatic carbocycles. The zero-order chi connectivity index (χ0) is 47.9. The summed E-state index contributed by atoms with van der Waals surface area (Å²) >= 11 is 5.28. The summed E-state index contributed by atoms with van der Waals surface area (Å²) in [5.74, 6) is -1.45. The number of nitrogens with two attached hydrogens (primary N) is 1. The topological polar surface area (TPSA) is 144 Å². The van der Waals surface area contributed by atoms with Crippen molar-refractivity contribution in [3.8, 4) is 22.8 Å². The van der Waals surface area contributed by atoms with Crippen LogP contribution in [0.15, 0.2) is 110 Å². The van der Waals surface area contributed by atoms with E-state index in [1.165, 1.54) is 61.2 Å². The lowest BCUT2D eigenvalue weighted by molar-refractivity contribution is -0.138. The van der Waals surface area contributed by atoms with Gasteiger partial charge in [0.25, 0.3) is 11.8 Å². The van der Waals surface area contributed by atoms with Gasteiger partial charge in [0, 0.05) is 74.6 Å². The standard InChI is InChI=1S/C23H22F4N4O.C16H19FN4O.C6H3ClF3N.2CH4.CH3/c1-3-31(15(2)8-10-17-11-9-16(14-30-17)23(25,26)27)22(32)18-6-4-7-19(24)20(18)21-28-12-5-13-29-21;1-3-21(11(2)10-18)16(22)12-6-4-7-13(17)14(12)15-19-8-5-9-20-15;7-5-2-1-4(3-11-5)6(8,9)10;;;/h4-7,9,11-15H,3,8,10H2,1-2H3;4-9,11H,3,10,18H2,1-2H3;1-3H;2*1H4;1H3/q;;;;;-1/t15-;11-;;;;/m00..../s1. The Morgan fingerprint density at radius 2 is 1.03 bits per heavy atom. The molecule has 6 rings (SSSR count). The van der Waals surface area contributed by atoms with Gasteiger partial charge < -0.3 is 23.0 Å². The molecule has 2 aromatic carbocycles. The third-order valence-corrected chi connectivity index (χ3v) is 9.92. The summed E-state index contributed by atoms with van der Waals surface area (Å²) in [5.41, 5.74) is 5.11. The van der Waals surface area contributed by atoms with Crippen LogP contribution in [-0.2, 0) is 18.8 Å². The fourth-order valence-electron chi connectivity index (χ4n) is 6.26. The molecule has 2 amide bonds. The van der Waals surface area contributed by atoms with Crippen molar-refractivity contribution in [1.29, 1.82) is 0 Å². The van der Waals surface area contributed by atoms with E-state index in [4.69, 9.17) is 17.3 Å². The Kier molecular flexibility index (Phi) is 24.0. The number of carbonyl (C=O) groups is 2. The number of amides is 2. The summed E-state index contributed by atoms with van der Waals surface area (Å²) in [6.45, 7) is 8.56. The summed E-state index contributed by atoms with van der Waals surface area (Å²) in [4.78, 5) is 52.7. The van der Waals surface area contributed by atoms with Gasteiger partial charge in [-0.15, -0.1) is 0 Å². The van der Waals surface area contributed by atoms with E-state index < -0.39 is 35.1 Å². The van der Waals surface area contributed by atoms with Crippen molar-refractivity contribution in [2.24, 2.45) is 5.73 Å². The molecule has 6 aromatic rings. The van der Waals surface area contributed by atoms with Crippen molar-refractivity contribution in [2.45, 2.75) is 79.8 Å². The third-order valence-electron chi connectivity index (χ3n) is 9.70. The van der Waals surface area contributed by atoms with E-state index in [0.717, 1.165) is 24.4 Å². The lowest BCUT2D eigenvalue weighted by Crippen LogP contribution is -2.42. The molecule has 4 aromatic heterocycles. The number of alkyl halides is 6. The Hall–Kier alpha value is -6.47. The van der Waals surface area contributed by atoms with E-state index in [0.29, 0.717) is 44.4 Å². The van der Waals surface area contributed by atoms with Crippen LogP contribution >= 0.6 is 11.6 Å². The fraction of sp³-hybridized carbons (Fsp3) is 0.312. The van der Waals surface area contributed by atoms with Gasteiger partial charge in [-0.1, -0.05) is 38.6 Å². The molecule has 4 heterocycles. The number of hydrogen-bond donors (Lipinski definition) is 1. The Bertz CT molecular complexity index is 2450. The van der Waals surface area contributed by atoms with Crippen molar-refractivity contribution in [2.75, 3.05) is 19.6 Å². The monoisotopic (exact) mass is 976 g/mol. The SMILES string of the molecule is C.C.CCN(C(=O)c1cccc(F)c1-c1ncccn1)[C@@H](C)CCc1ccc(C(F)(F)F)cn1.CCN(C(=O)c1cccc(F)c1-c1ncccn1)[C@@H](C)CN.FC(F)(F)c1ccc(Cl)nc1.[CH3-]. The number of aryl methyl sites for hydroxylation is 1. The quantitative estimate of drug-likeness (QED) is 0.0720. The molecular formula is C48H55ClF8N9O2-. The molecule has 0 aliphatic rings. The first-order valence-electron chi connectivity index (χ1n) is 20.0. The molecular weight excluding hydrogens is 922 g/mol. The van der Waals surface area contributed by atoms with Crippen LogP contribution in [0, 0.1) is 19.1 Å². The molecule has 11 nitrogen and oxygen atoms in total. The van der Waals surface area contributed by atoms with E-state index in [-0.39, 0.29) is 85.2 Å². The van der Waals surface area contributed by atoms with Crippen molar-refractivity contribution < 1.29 is 44.7 Å². The first kappa shape index (κ1) is 59.5. The van der Waals surface area contributed by atoms with Gasteiger partial charge in [-0.2, -0.15) is 26.3 Å². The maximum absolute atomic E-state index is 14.6. The molecule has 0 unspecified atom stereocenters. The average molecular weight is 977 g/mol. The normalized spacial score (nSPS) is 11.6. The van der Waals surface area contributed by atoms with Gasteiger partial charge in [-0.05, 0) is 101 Å². The summed E-state index contributed by atoms with van der Waals surface area (Å²) in [6, 6.07) is 15.8. The van der Waals surface area contributed by atoms with Crippen LogP contribution in [0.4, 0.5) is 35.1 Å². The zero-order valence-corrected chi connectivity index (χ0v) is 37.2. The second-order valence-corrected chi connectivity index (χ2v) is 14.4. The number of nitrogens with zero attached hydrogens (tertiary/aromatic N) is 8. The minimum absolute atomic E-state index is 0. The van der Waals surface area contributed by atoms with Crippen LogP contribution in [0.25, 0.3) is 22.8 Å². The van der Waals surface area contributed by atoms with E-state index in [2.05, 4.69) is 29.9 Å². The Morgan fingerprint density at radius 3 is 1.38 bits per heavy atom. The highest BCUT2D eigenvalue weighted by atomic mass is 35.5. The van der Waals surface area contributed by atoms with Crippen LogP contribution in [0.1, 0.15) is 86.5 Å². The van der Waals surface area contributed by atoms with Gasteiger partial charge in [0.15, 0.2) is 11.6 Å². The highest BCUT2D eigenvalue weighted by Crippen LogP contribution is 2.31. The highest BCUT2D eigenvalue weighted by molar-refractivity contribution is 6.29. The van der Waals surface area contributed by atoms with E-state index in [1.807, 2.05) is 27.7 Å². The van der Waals surface area contributed by atoms with Gasteiger partial charge >= 0.3 is 12.4 Å². The number of likely N-dealkylation sites (N-methyl/N-ethyl adjacent to an activating group) is 1. The predicted molar refractivity (Wildman–Crippen MR) is 248 cm³/mol. The van der Waals surface area contributed by atoms with Gasteiger partial charge in [-0.3, -0.25) is 14.6 Å². The smallest absolute Gasteiger partial charge is 0.358 e. The van der Waals surface area contributed by atoms with E-state index in [1.54, 1.807) is 28.0 Å². The Labute approximate surface area is 396 Å². The number of hydrogen-bond acceptors (Lipinski definition) is 9.